The summed E-state index contributed by atoms with van der Waals surface area (Å²) in [6, 6.07) is 9.00. The summed E-state index contributed by atoms with van der Waals surface area (Å²) in [5, 5.41) is 0. The van der Waals surface area contributed by atoms with Gasteiger partial charge in [-0.1, -0.05) is 24.3 Å². The van der Waals surface area contributed by atoms with Crippen LogP contribution in [0.3, 0.4) is 0 Å². The van der Waals surface area contributed by atoms with Gasteiger partial charge in [-0.2, -0.15) is 0 Å². The van der Waals surface area contributed by atoms with E-state index in [1.54, 1.807) is 11.1 Å². The second-order valence-corrected chi connectivity index (χ2v) is 4.93. The van der Waals surface area contributed by atoms with Crippen molar-refractivity contribution in [2.24, 2.45) is 0 Å². The van der Waals surface area contributed by atoms with Gasteiger partial charge in [-0.05, 0) is 19.3 Å². The molecule has 1 spiro atoms. The third-order valence-corrected chi connectivity index (χ3v) is 3.89. The molecule has 1 fully saturated rings. The van der Waals surface area contributed by atoms with Crippen LogP contribution in [0.5, 0.6) is 0 Å². The highest BCUT2D eigenvalue weighted by molar-refractivity contribution is 5.28. The Hall–Kier alpha value is -0.820. The maximum atomic E-state index is 2.32. The number of quaternary nitrogens is 1. The molecule has 2 aliphatic rings. The highest BCUT2D eigenvalue weighted by Gasteiger charge is 2.36. The van der Waals surface area contributed by atoms with Crippen molar-refractivity contribution in [1.82, 2.24) is 0 Å². The highest BCUT2D eigenvalue weighted by Crippen LogP contribution is 2.33. The van der Waals surface area contributed by atoms with Crippen LogP contribution in [0.1, 0.15) is 30.4 Å². The first-order chi connectivity index (χ1) is 6.88. The van der Waals surface area contributed by atoms with Crippen LogP contribution < -0.4 is 0 Å². The topological polar surface area (TPSA) is 0 Å². The molecule has 0 radical (unpaired) electrons. The summed E-state index contributed by atoms with van der Waals surface area (Å²) < 4.78 is 1.36. The molecule has 0 N–H and O–H groups in total. The van der Waals surface area contributed by atoms with Gasteiger partial charge in [0.1, 0.15) is 13.1 Å². The molecular formula is C13H18N+. The van der Waals surface area contributed by atoms with Gasteiger partial charge >= 0.3 is 0 Å². The molecule has 0 unspecified atom stereocenters. The minimum atomic E-state index is 1.30. The Kier molecular flexibility index (Phi) is 1.88. The minimum Gasteiger partial charge on any atom is -0.316 e. The van der Waals surface area contributed by atoms with Crippen molar-refractivity contribution in [1.29, 1.82) is 0 Å². The van der Waals surface area contributed by atoms with Gasteiger partial charge in [-0.25, -0.2) is 0 Å². The lowest BCUT2D eigenvalue weighted by atomic mass is 10.1. The average Bonchev–Trinajstić information content (AvgIpc) is 2.56. The largest absolute Gasteiger partial charge is 0.316 e. The zero-order chi connectivity index (χ0) is 9.43. The summed E-state index contributed by atoms with van der Waals surface area (Å²) in [5.41, 5.74) is 3.21. The quantitative estimate of drug-likeness (QED) is 0.549. The van der Waals surface area contributed by atoms with Gasteiger partial charge < -0.3 is 4.48 Å². The smallest absolute Gasteiger partial charge is 0.105 e. The third kappa shape index (κ3) is 1.27. The molecule has 0 atom stereocenters. The Balaban J connectivity index is 1.89. The number of fused-ring (bicyclic) bond motifs is 1. The van der Waals surface area contributed by atoms with E-state index in [1.165, 1.54) is 49.9 Å². The first-order valence-corrected chi connectivity index (χ1v) is 5.80. The van der Waals surface area contributed by atoms with E-state index in [0.29, 0.717) is 0 Å². The van der Waals surface area contributed by atoms with Gasteiger partial charge in [-0.3, -0.25) is 0 Å². The molecule has 0 saturated carbocycles. The third-order valence-electron chi connectivity index (χ3n) is 3.89. The number of hydrogen-bond acceptors (Lipinski definition) is 0. The van der Waals surface area contributed by atoms with Crippen LogP contribution in [-0.2, 0) is 13.1 Å². The number of rotatable bonds is 0. The predicted molar refractivity (Wildman–Crippen MR) is 57.7 cm³/mol. The van der Waals surface area contributed by atoms with E-state index in [9.17, 15) is 0 Å². The SMILES string of the molecule is c1ccc2c(c1)C[N+]1(CCCCC1)C2. The number of hydrogen-bond donors (Lipinski definition) is 0. The van der Waals surface area contributed by atoms with Crippen molar-refractivity contribution in [2.45, 2.75) is 32.4 Å². The van der Waals surface area contributed by atoms with E-state index >= 15 is 0 Å². The maximum absolute atomic E-state index is 2.32. The van der Waals surface area contributed by atoms with Crippen molar-refractivity contribution >= 4 is 0 Å². The van der Waals surface area contributed by atoms with Crippen molar-refractivity contribution in [2.75, 3.05) is 13.1 Å². The number of piperidine rings is 1. The Bertz CT molecular complexity index is 310. The van der Waals surface area contributed by atoms with Crippen LogP contribution in [-0.4, -0.2) is 17.6 Å². The summed E-state index contributed by atoms with van der Waals surface area (Å²) in [5.74, 6) is 0. The highest BCUT2D eigenvalue weighted by atomic mass is 15.4. The molecule has 14 heavy (non-hydrogen) atoms. The fourth-order valence-corrected chi connectivity index (χ4v) is 3.14. The lowest BCUT2D eigenvalue weighted by Crippen LogP contribution is -2.46. The summed E-state index contributed by atoms with van der Waals surface area (Å²) in [6.07, 6.45) is 4.33. The average molecular weight is 188 g/mol. The van der Waals surface area contributed by atoms with Gasteiger partial charge in [-0.15, -0.1) is 0 Å². The molecule has 3 rings (SSSR count). The molecule has 2 heterocycles. The lowest BCUT2D eigenvalue weighted by Gasteiger charge is -2.37. The van der Waals surface area contributed by atoms with Crippen LogP contribution in [0.2, 0.25) is 0 Å². The van der Waals surface area contributed by atoms with Crippen molar-refractivity contribution in [3.8, 4) is 0 Å². The number of benzene rings is 1. The lowest BCUT2D eigenvalue weighted by molar-refractivity contribution is -0.951. The van der Waals surface area contributed by atoms with E-state index in [2.05, 4.69) is 24.3 Å². The molecule has 1 heteroatoms. The molecule has 2 aliphatic heterocycles. The van der Waals surface area contributed by atoms with Crippen LogP contribution in [0.25, 0.3) is 0 Å². The van der Waals surface area contributed by atoms with E-state index in [-0.39, 0.29) is 0 Å². The Morgan fingerprint density at radius 2 is 1.36 bits per heavy atom. The van der Waals surface area contributed by atoms with Crippen LogP contribution in [0.4, 0.5) is 0 Å². The van der Waals surface area contributed by atoms with Gasteiger partial charge in [0.25, 0.3) is 0 Å². The zero-order valence-corrected chi connectivity index (χ0v) is 8.71. The monoisotopic (exact) mass is 188 g/mol. The van der Waals surface area contributed by atoms with Crippen LogP contribution >= 0.6 is 0 Å². The first kappa shape index (κ1) is 8.49. The fraction of sp³-hybridized carbons (Fsp3) is 0.538. The van der Waals surface area contributed by atoms with Crippen LogP contribution in [0.15, 0.2) is 24.3 Å². The summed E-state index contributed by atoms with van der Waals surface area (Å²) >= 11 is 0. The van der Waals surface area contributed by atoms with Crippen LogP contribution in [0, 0.1) is 0 Å². The molecule has 0 amide bonds. The van der Waals surface area contributed by atoms with Crippen molar-refractivity contribution in [3.05, 3.63) is 35.4 Å². The van der Waals surface area contributed by atoms with Gasteiger partial charge in [0, 0.05) is 11.1 Å². The zero-order valence-electron chi connectivity index (χ0n) is 8.71. The molecule has 1 aromatic carbocycles. The maximum Gasteiger partial charge on any atom is 0.105 e. The minimum absolute atomic E-state index is 1.30. The Morgan fingerprint density at radius 3 is 1.93 bits per heavy atom. The Labute approximate surface area is 85.9 Å². The molecule has 1 aromatic rings. The molecular weight excluding hydrogens is 170 g/mol. The van der Waals surface area contributed by atoms with Crippen molar-refractivity contribution in [3.63, 3.8) is 0 Å². The summed E-state index contributed by atoms with van der Waals surface area (Å²) in [4.78, 5) is 0. The second-order valence-electron chi connectivity index (χ2n) is 4.93. The van der Waals surface area contributed by atoms with Gasteiger partial charge in [0.15, 0.2) is 0 Å². The fourth-order valence-electron chi connectivity index (χ4n) is 3.14. The summed E-state index contributed by atoms with van der Waals surface area (Å²) in [6.45, 7) is 5.43. The first-order valence-electron chi connectivity index (χ1n) is 5.80. The molecule has 0 bridgehead atoms. The molecule has 0 aromatic heterocycles. The molecule has 74 valence electrons. The van der Waals surface area contributed by atoms with Gasteiger partial charge in [0.05, 0.1) is 13.1 Å². The number of nitrogens with zero attached hydrogens (tertiary/aromatic N) is 1. The second kappa shape index (κ2) is 3.09. The normalized spacial score (nSPS) is 23.7. The van der Waals surface area contributed by atoms with E-state index in [1.807, 2.05) is 0 Å². The van der Waals surface area contributed by atoms with Gasteiger partial charge in [0.2, 0.25) is 0 Å². The van der Waals surface area contributed by atoms with E-state index in [4.69, 9.17) is 0 Å². The van der Waals surface area contributed by atoms with E-state index in [0.717, 1.165) is 0 Å². The van der Waals surface area contributed by atoms with E-state index < -0.39 is 0 Å². The Morgan fingerprint density at radius 1 is 0.786 bits per heavy atom. The molecule has 1 saturated heterocycles. The van der Waals surface area contributed by atoms with Crippen molar-refractivity contribution < 1.29 is 4.48 Å². The molecule has 1 nitrogen and oxygen atoms in total. The molecule has 0 aliphatic carbocycles. The summed E-state index contributed by atoms with van der Waals surface area (Å²) in [7, 11) is 0. The standard InChI is InChI=1S/C13H18N/c1-4-8-14(9-5-1)10-12-6-2-3-7-13(12)11-14/h2-3,6-7H,1,4-5,8-11H2/q+1. The predicted octanol–water partition coefficient (Wildman–Crippen LogP) is 2.70.